The van der Waals surface area contributed by atoms with Crippen molar-refractivity contribution >= 4 is 23.1 Å². The van der Waals surface area contributed by atoms with E-state index < -0.39 is 0 Å². The molecule has 5 nitrogen and oxygen atoms in total. The lowest BCUT2D eigenvalue weighted by Crippen LogP contribution is -2.16. The third-order valence-corrected chi connectivity index (χ3v) is 6.69. The van der Waals surface area contributed by atoms with E-state index in [9.17, 15) is 0 Å². The normalized spacial score (nSPS) is 12.8. The topological polar surface area (TPSA) is 89.1 Å². The molecule has 42 heavy (non-hydrogen) atoms. The average Bonchev–Trinajstić information content (AvgIpc) is 3.06. The van der Waals surface area contributed by atoms with Crippen LogP contribution in [0.3, 0.4) is 0 Å². The van der Waals surface area contributed by atoms with Gasteiger partial charge in [-0.15, -0.1) is 0 Å². The van der Waals surface area contributed by atoms with Crippen LogP contribution in [0.15, 0.2) is 167 Å². The average molecular weight is 548 g/mol. The summed E-state index contributed by atoms with van der Waals surface area (Å²) in [4.78, 5) is 14.8. The van der Waals surface area contributed by atoms with Crippen LogP contribution < -0.4 is 11.5 Å². The number of rotatable bonds is 9. The minimum atomic E-state index is 0.384. The Morgan fingerprint density at radius 2 is 1.05 bits per heavy atom. The Balaban J connectivity index is 1.54. The highest BCUT2D eigenvalue weighted by atomic mass is 15.0. The van der Waals surface area contributed by atoms with Gasteiger partial charge in [-0.2, -0.15) is 0 Å². The lowest BCUT2D eigenvalue weighted by Gasteiger charge is -2.11. The van der Waals surface area contributed by atoms with Crippen LogP contribution in [-0.4, -0.2) is 17.4 Å². The number of hydrogen-bond donors (Lipinski definition) is 2. The molecule has 5 heteroatoms. The molecule has 5 aromatic carbocycles. The summed E-state index contributed by atoms with van der Waals surface area (Å²) >= 11 is 0. The SMILES string of the molecule is N/C(=C\C(=N/Cc1ccccc1)c1ccccc1C/N=C(\N=C(/N)c1ccccc1)c1ccccc1)c1ccccc1. The third-order valence-electron chi connectivity index (χ3n) is 6.69. The summed E-state index contributed by atoms with van der Waals surface area (Å²) in [5.41, 5.74) is 20.2. The van der Waals surface area contributed by atoms with Gasteiger partial charge in [-0.25, -0.2) is 4.99 Å². The molecule has 206 valence electrons. The van der Waals surface area contributed by atoms with E-state index in [2.05, 4.69) is 24.3 Å². The van der Waals surface area contributed by atoms with Crippen LogP contribution >= 0.6 is 0 Å². The van der Waals surface area contributed by atoms with Gasteiger partial charge in [0.25, 0.3) is 0 Å². The van der Waals surface area contributed by atoms with E-state index in [0.29, 0.717) is 30.5 Å². The van der Waals surface area contributed by atoms with Crippen LogP contribution in [0.25, 0.3) is 5.70 Å². The standard InChI is InChI=1S/C37H33N5/c38-34(29-17-7-2-8-18-29)25-35(40-26-28-15-5-1-6-16-28)33-24-14-13-23-32(33)27-41-37(31-21-11-4-12-22-31)42-36(39)30-19-9-3-10-20-30/h1-25H,26-27,38H2,(H2,39,41,42)/b34-25-,40-35+. The van der Waals surface area contributed by atoms with E-state index in [-0.39, 0.29) is 0 Å². The fourth-order valence-corrected chi connectivity index (χ4v) is 4.46. The molecular weight excluding hydrogens is 514 g/mol. The molecule has 0 bridgehead atoms. The van der Waals surface area contributed by atoms with E-state index in [1.165, 1.54) is 0 Å². The van der Waals surface area contributed by atoms with Crippen molar-refractivity contribution in [2.45, 2.75) is 13.1 Å². The van der Waals surface area contributed by atoms with Gasteiger partial charge in [0.1, 0.15) is 5.84 Å². The molecule has 0 amide bonds. The lowest BCUT2D eigenvalue weighted by atomic mass is 10.0. The van der Waals surface area contributed by atoms with E-state index in [1.807, 2.05) is 127 Å². The molecule has 0 heterocycles. The molecule has 5 rings (SSSR count). The fraction of sp³-hybridized carbons (Fsp3) is 0.0541. The Morgan fingerprint density at radius 1 is 0.524 bits per heavy atom. The molecule has 0 aliphatic heterocycles. The van der Waals surface area contributed by atoms with Gasteiger partial charge in [0, 0.05) is 22.4 Å². The second-order valence-corrected chi connectivity index (χ2v) is 9.68. The molecule has 0 saturated carbocycles. The number of hydrogen-bond acceptors (Lipinski definition) is 3. The smallest absolute Gasteiger partial charge is 0.157 e. The van der Waals surface area contributed by atoms with Gasteiger partial charge in [-0.1, -0.05) is 146 Å². The maximum Gasteiger partial charge on any atom is 0.157 e. The van der Waals surface area contributed by atoms with Gasteiger partial charge >= 0.3 is 0 Å². The molecule has 0 aliphatic carbocycles. The van der Waals surface area contributed by atoms with Crippen molar-refractivity contribution in [3.8, 4) is 0 Å². The summed E-state index contributed by atoms with van der Waals surface area (Å²) in [7, 11) is 0. The lowest BCUT2D eigenvalue weighted by molar-refractivity contribution is 1.04. The van der Waals surface area contributed by atoms with Crippen molar-refractivity contribution in [1.82, 2.24) is 0 Å². The molecule has 4 N–H and O–H groups in total. The Kier molecular flexibility index (Phi) is 9.46. The van der Waals surface area contributed by atoms with Crippen molar-refractivity contribution in [3.05, 3.63) is 185 Å². The second kappa shape index (κ2) is 14.2. The van der Waals surface area contributed by atoms with E-state index >= 15 is 0 Å². The Morgan fingerprint density at radius 3 is 1.69 bits per heavy atom. The van der Waals surface area contributed by atoms with E-state index in [4.69, 9.17) is 26.4 Å². The zero-order valence-corrected chi connectivity index (χ0v) is 23.3. The first-order valence-corrected chi connectivity index (χ1v) is 13.9. The van der Waals surface area contributed by atoms with E-state index in [0.717, 1.165) is 39.1 Å². The maximum atomic E-state index is 6.58. The zero-order chi connectivity index (χ0) is 29.0. The molecule has 0 unspecified atom stereocenters. The van der Waals surface area contributed by atoms with Crippen molar-refractivity contribution in [1.29, 1.82) is 0 Å². The molecule has 0 spiro atoms. The molecule has 0 fully saturated rings. The van der Waals surface area contributed by atoms with Crippen LogP contribution in [-0.2, 0) is 13.1 Å². The Labute approximate surface area is 247 Å². The van der Waals surface area contributed by atoms with Gasteiger partial charge < -0.3 is 11.5 Å². The second-order valence-electron chi connectivity index (χ2n) is 9.68. The highest BCUT2D eigenvalue weighted by Crippen LogP contribution is 2.18. The molecule has 0 aromatic heterocycles. The van der Waals surface area contributed by atoms with Gasteiger partial charge in [-0.05, 0) is 22.8 Å². The summed E-state index contributed by atoms with van der Waals surface area (Å²) in [5.74, 6) is 0.976. The molecule has 0 atom stereocenters. The maximum absolute atomic E-state index is 6.58. The minimum Gasteiger partial charge on any atom is -0.398 e. The van der Waals surface area contributed by atoms with Crippen molar-refractivity contribution in [2.75, 3.05) is 0 Å². The number of aliphatic imine (C=N–C) groups is 3. The summed E-state index contributed by atoms with van der Waals surface area (Å²) < 4.78 is 0. The van der Waals surface area contributed by atoms with Gasteiger partial charge in [0.2, 0.25) is 0 Å². The zero-order valence-electron chi connectivity index (χ0n) is 23.3. The van der Waals surface area contributed by atoms with Crippen molar-refractivity contribution < 1.29 is 0 Å². The predicted octanol–water partition coefficient (Wildman–Crippen LogP) is 7.03. The number of nitrogens with two attached hydrogens (primary N) is 2. The molecule has 0 saturated heterocycles. The van der Waals surface area contributed by atoms with Gasteiger partial charge in [-0.3, -0.25) is 9.98 Å². The summed E-state index contributed by atoms with van der Waals surface area (Å²) in [5, 5.41) is 0. The van der Waals surface area contributed by atoms with Gasteiger partial charge in [0.05, 0.1) is 18.8 Å². The molecule has 0 aliphatic rings. The quantitative estimate of drug-likeness (QED) is 0.153. The summed E-state index contributed by atoms with van der Waals surface area (Å²) in [6.45, 7) is 0.912. The molecular formula is C37H33N5. The first-order valence-electron chi connectivity index (χ1n) is 13.9. The first kappa shape index (κ1) is 28.0. The van der Waals surface area contributed by atoms with Crippen LogP contribution in [0, 0.1) is 0 Å². The van der Waals surface area contributed by atoms with Crippen molar-refractivity contribution in [3.63, 3.8) is 0 Å². The van der Waals surface area contributed by atoms with Crippen LogP contribution in [0.1, 0.15) is 33.4 Å². The van der Waals surface area contributed by atoms with Crippen molar-refractivity contribution in [2.24, 2.45) is 26.4 Å². The summed E-state index contributed by atoms with van der Waals surface area (Å²) in [6, 6.07) is 47.9. The number of benzene rings is 5. The third kappa shape index (κ3) is 7.55. The molecule has 0 radical (unpaired) electrons. The first-order chi connectivity index (χ1) is 20.7. The molecule has 5 aromatic rings. The van der Waals surface area contributed by atoms with Crippen LogP contribution in [0.2, 0.25) is 0 Å². The van der Waals surface area contributed by atoms with Crippen LogP contribution in [0.5, 0.6) is 0 Å². The van der Waals surface area contributed by atoms with Gasteiger partial charge in [0.15, 0.2) is 5.84 Å². The largest absolute Gasteiger partial charge is 0.398 e. The highest BCUT2D eigenvalue weighted by molar-refractivity contribution is 6.13. The minimum absolute atomic E-state index is 0.384. The Bertz CT molecular complexity index is 1710. The van der Waals surface area contributed by atoms with E-state index in [1.54, 1.807) is 0 Å². The van der Waals surface area contributed by atoms with Crippen LogP contribution in [0.4, 0.5) is 0 Å². The fourth-order valence-electron chi connectivity index (χ4n) is 4.46. The summed E-state index contributed by atoms with van der Waals surface area (Å²) in [6.07, 6.45) is 1.95. The number of amidine groups is 2. The number of allylic oxidation sites excluding steroid dienone is 1. The predicted molar refractivity (Wildman–Crippen MR) is 176 cm³/mol. The monoisotopic (exact) mass is 547 g/mol. The Hall–Kier alpha value is -5.55. The highest BCUT2D eigenvalue weighted by Gasteiger charge is 2.11. The number of nitrogens with zero attached hydrogens (tertiary/aromatic N) is 3.